The van der Waals surface area contributed by atoms with Crippen LogP contribution < -0.4 is 50.0 Å². The van der Waals surface area contributed by atoms with Crippen molar-refractivity contribution in [1.29, 1.82) is 21.0 Å². The molecule has 5 amide bonds. The van der Waals surface area contributed by atoms with Crippen molar-refractivity contribution in [3.8, 4) is 47.1 Å². The number of aldehydes is 1. The summed E-state index contributed by atoms with van der Waals surface area (Å²) in [5.41, 5.74) is 16.1. The molecular formula is C97H155Cl2N30NaO17P2. The van der Waals surface area contributed by atoms with Gasteiger partial charge in [0.05, 0.1) is 68.3 Å². The molecule has 52 heteroatoms. The Morgan fingerprint density at radius 1 is 0.450 bits per heavy atom. The fourth-order valence-electron chi connectivity index (χ4n) is 13.3. The number of hydrogen-bond donors (Lipinski definition) is 4. The Morgan fingerprint density at radius 2 is 0.765 bits per heavy atom. The van der Waals surface area contributed by atoms with E-state index in [9.17, 15) is 48.4 Å². The molecule has 4 N–H and O–H groups in total. The summed E-state index contributed by atoms with van der Waals surface area (Å²) in [5.74, 6) is 0.779. The second-order valence-corrected chi connectivity index (χ2v) is 42.1. The minimum absolute atomic E-state index is 0. The van der Waals surface area contributed by atoms with E-state index in [4.69, 9.17) is 77.2 Å². The van der Waals surface area contributed by atoms with E-state index >= 15 is 0 Å². The molecule has 6 fully saturated rings. The summed E-state index contributed by atoms with van der Waals surface area (Å²) >= 11 is 10.1. The monoisotopic (exact) mass is 2170 g/mol. The van der Waals surface area contributed by atoms with Gasteiger partial charge in [0.15, 0.2) is 29.3 Å². The largest absolute Gasteiger partial charge is 1.00 e. The first-order chi connectivity index (χ1) is 70.1. The summed E-state index contributed by atoms with van der Waals surface area (Å²) in [6, 6.07) is 30.3. The Bertz CT molecular complexity index is 5080. The number of allylic oxidation sites excluding steroid dienone is 1. The van der Waals surface area contributed by atoms with Gasteiger partial charge in [-0.15, -0.1) is 21.8 Å². The Labute approximate surface area is 910 Å². The quantitative estimate of drug-likeness (QED) is 0.00497. The van der Waals surface area contributed by atoms with Crippen LogP contribution in [-0.2, 0) is 50.9 Å². The standard InChI is InChI=1S/C17H22N4O2.C16H22N6O2.C15H28N3O5P.C11H14N6.C11H19N3O2.C9H18N2O2.C6H5NO.C6H15N.C4H10ClO3P.C2H2ClN.N3.Na/c1-17(2,3)23-16(22)21-10-8-20(9-11-21)15(13-18)12-14-6-4-5-7-19-14;1-16(2,3)24-15(23)22-10-8-21(9-11-22)14-13(18-20-19-14)12-6-4-5-7-17-12;1-6-21-24(20,22-7-2)13(12-16)17-8-10-18(11-9-17)14(19)23-15(3,4)5;1-2-4-13-9(3-1)10-11(15-16-14-10)17-7-5-12-6-8-17;1-11(2,3)16-10(15)14-8-6-13(5-4-12)7-9-14;1-9(2,3)13-8(12)11-6-4-10-5-7-11;8-5-6-3-1-2-4-7-6;1-4-7(5-2)6-3;1-3-7-9(5,6)8-4-2;3-1-2-4;1-3-2;/h4-7,12H,8-11H2,1-3H3;4-7H,8-11H2,1-3H3,(H,18,19,20);13H,6-11H2,1-5H3;1-4,12H,5-8H2,(H,14,15,16);5-9H2,1-3H3;10H,4-7H2,1-3H3;1-5H;4-6H2,1-3H3;3-4H2,1-2H3;1H2;;/q;;;;;;;;;;-1;+1/b15-12+;;;;;;;;;;;. The van der Waals surface area contributed by atoms with Crippen molar-refractivity contribution in [2.24, 2.45) is 0 Å². The minimum atomic E-state index is -3.54. The number of halogens is 2. The Hall–Kier alpha value is -11.0. The summed E-state index contributed by atoms with van der Waals surface area (Å²) in [6.45, 7) is 59.2. The van der Waals surface area contributed by atoms with E-state index in [1.54, 1.807) is 112 Å². The topological polar surface area (TPSA) is 568 Å². The number of anilines is 2. The molecule has 6 saturated heterocycles. The first kappa shape index (κ1) is 136. The molecule has 0 aliphatic carbocycles. The van der Waals surface area contributed by atoms with Gasteiger partial charge in [-0.05, 0) is 206 Å². The minimum Gasteiger partial charge on any atom is -0.444 e. The zero-order valence-electron chi connectivity index (χ0n) is 91.0. The molecule has 149 heavy (non-hydrogen) atoms. The average Bonchev–Trinajstić information content (AvgIpc) is 1.77. The van der Waals surface area contributed by atoms with Gasteiger partial charge in [-0.1, -0.05) is 45.0 Å². The first-order valence-corrected chi connectivity index (χ1v) is 53.6. The third-order valence-electron chi connectivity index (χ3n) is 20.1. The summed E-state index contributed by atoms with van der Waals surface area (Å²) in [7, 11) is -3.54. The number of amides is 5. The van der Waals surface area contributed by atoms with Gasteiger partial charge in [0.1, 0.15) is 51.3 Å². The molecule has 0 aromatic carbocycles. The second kappa shape index (κ2) is 73.2. The first-order valence-electron chi connectivity index (χ1n) is 49.0. The number of piperazine rings is 6. The summed E-state index contributed by atoms with van der Waals surface area (Å²) in [6.07, 6.45) is 7.86. The van der Waals surface area contributed by atoms with E-state index < -0.39 is 42.7 Å². The van der Waals surface area contributed by atoms with Gasteiger partial charge in [-0.25, -0.2) is 28.5 Å². The summed E-state index contributed by atoms with van der Waals surface area (Å²) in [4.78, 5) is 108. The van der Waals surface area contributed by atoms with E-state index in [0.717, 1.165) is 112 Å². The predicted octanol–water partition coefficient (Wildman–Crippen LogP) is 12.5. The molecule has 0 spiro atoms. The number of aromatic amines is 2. The van der Waals surface area contributed by atoms with Crippen LogP contribution in [0.5, 0.6) is 0 Å². The molecule has 820 valence electrons. The van der Waals surface area contributed by atoms with Crippen LogP contribution in [0.25, 0.3) is 44.8 Å². The van der Waals surface area contributed by atoms with E-state index in [2.05, 4.69) is 118 Å². The van der Waals surface area contributed by atoms with E-state index in [1.165, 1.54) is 24.5 Å². The maximum absolute atomic E-state index is 12.8. The van der Waals surface area contributed by atoms with Crippen molar-refractivity contribution in [1.82, 2.24) is 105 Å². The number of hydrogen-bond acceptors (Lipinski definition) is 37. The Balaban J connectivity index is 0.000000850. The van der Waals surface area contributed by atoms with Crippen LogP contribution in [0.3, 0.4) is 0 Å². The molecule has 12 heterocycles. The number of alkyl halides is 1. The summed E-state index contributed by atoms with van der Waals surface area (Å²) < 4.78 is 69.9. The maximum atomic E-state index is 12.8. The van der Waals surface area contributed by atoms with Crippen LogP contribution in [0.4, 0.5) is 35.6 Å². The van der Waals surface area contributed by atoms with Gasteiger partial charge in [0.2, 0.25) is 5.78 Å². The number of H-pyrrole nitrogens is 2. The van der Waals surface area contributed by atoms with Gasteiger partial charge >= 0.3 is 74.6 Å². The van der Waals surface area contributed by atoms with Crippen molar-refractivity contribution < 1.29 is 109 Å². The number of pyridine rings is 4. The van der Waals surface area contributed by atoms with Crippen molar-refractivity contribution >= 4 is 91.9 Å². The molecule has 6 aromatic heterocycles. The van der Waals surface area contributed by atoms with Crippen LogP contribution in [-0.4, -0.2) is 381 Å². The van der Waals surface area contributed by atoms with Gasteiger partial charge in [0, 0.05) is 193 Å². The predicted molar refractivity (Wildman–Crippen MR) is 568 cm³/mol. The third-order valence-corrected chi connectivity index (χ3v) is 24.2. The molecule has 12 rings (SSSR count). The van der Waals surface area contributed by atoms with Crippen molar-refractivity contribution in [2.75, 3.05) is 225 Å². The number of carbonyl (C=O) groups excluding carboxylic acids is 6. The van der Waals surface area contributed by atoms with E-state index in [0.29, 0.717) is 123 Å². The van der Waals surface area contributed by atoms with Crippen LogP contribution in [0.15, 0.2) is 103 Å². The number of nitrogens with one attached hydrogen (secondary N) is 4. The molecule has 47 nitrogen and oxygen atoms in total. The average molecular weight is 2170 g/mol. The van der Waals surface area contributed by atoms with Crippen molar-refractivity contribution in [2.45, 2.75) is 186 Å². The number of aromatic nitrogens is 10. The Kier molecular flexibility index (Phi) is 66.8. The van der Waals surface area contributed by atoms with Gasteiger partial charge < -0.3 is 98.5 Å². The number of nitrogens with zero attached hydrogens (tertiary/aromatic N) is 26. The molecule has 0 radical (unpaired) electrons. The zero-order chi connectivity index (χ0) is 111. The fraction of sp³-hybridized carbons (Fsp3) is 0.629. The van der Waals surface area contributed by atoms with Crippen LogP contribution >= 0.6 is 37.4 Å². The van der Waals surface area contributed by atoms with E-state index in [-0.39, 0.29) is 84.7 Å². The number of carbonyl (C=O) groups is 6. The molecular weight excluding hydrogens is 2010 g/mol. The fourth-order valence-corrected chi connectivity index (χ4v) is 16.4. The number of nitriles is 4. The molecule has 6 aromatic rings. The van der Waals surface area contributed by atoms with E-state index in [1.807, 2.05) is 174 Å². The molecule has 6 aliphatic rings. The molecule has 0 saturated carbocycles. The summed E-state index contributed by atoms with van der Waals surface area (Å²) in [5, 5.41) is 63.7. The molecule has 0 bridgehead atoms. The smallest absolute Gasteiger partial charge is 0.444 e. The van der Waals surface area contributed by atoms with Gasteiger partial charge in [-0.2, -0.15) is 41.7 Å². The Morgan fingerprint density at radius 3 is 1.05 bits per heavy atom. The van der Waals surface area contributed by atoms with Gasteiger partial charge in [0.25, 0.3) is 0 Å². The molecule has 1 atom stereocenters. The number of ether oxygens (including phenoxy) is 5. The zero-order valence-corrected chi connectivity index (χ0v) is 96.3. The second-order valence-electron chi connectivity index (χ2n) is 37.1. The molecule has 1 unspecified atom stereocenters. The molecule has 6 aliphatic heterocycles. The van der Waals surface area contributed by atoms with Gasteiger partial charge in [-0.3, -0.25) is 53.1 Å². The number of rotatable bonds is 21. The van der Waals surface area contributed by atoms with Crippen molar-refractivity contribution in [3.63, 3.8) is 0 Å². The van der Waals surface area contributed by atoms with Crippen LogP contribution in [0, 0.1) is 45.3 Å². The van der Waals surface area contributed by atoms with Crippen molar-refractivity contribution in [3.05, 3.63) is 131 Å². The normalized spacial score (nSPS) is 15.1. The van der Waals surface area contributed by atoms with Crippen LogP contribution in [0.2, 0.25) is 0 Å². The third kappa shape index (κ3) is 57.7. The maximum Gasteiger partial charge on any atom is 1.00 e. The van der Waals surface area contributed by atoms with Crippen LogP contribution in [0.1, 0.15) is 169 Å². The SMILES string of the molecule is CC(C)(C)OC(=O)N1CCN(/C(C#N)=C/c2ccccn2)CC1.CC(C)(C)OC(=O)N1CCN(CC#N)CC1.CC(C)(C)OC(=O)N1CCN(c2n[nH]nc2-c2ccccn2)CC1.CC(C)(C)OC(=O)N1CCNCC1.CCN(CC)CC.CCOP(=O)(Cl)OCC.CCOP(=O)(OCC)C(C#N)N1CCN(C(=O)OC(C)(C)C)CC1.N#CCCl.O=Cc1ccccn1.[N-]=[N+]=[N-].[Na+].c1ccc(-c2n[nH]nc2N2CCNCC2)nc1.